The van der Waals surface area contributed by atoms with Crippen molar-refractivity contribution in [2.24, 2.45) is 7.05 Å². The Kier molecular flexibility index (Phi) is 7.98. The minimum atomic E-state index is -0.385. The maximum atomic E-state index is 12.5. The molecule has 0 aliphatic heterocycles. The fraction of sp³-hybridized carbons (Fsp3) is 0.227. The number of aromatic nitrogens is 3. The van der Waals surface area contributed by atoms with Gasteiger partial charge in [0.25, 0.3) is 5.91 Å². The van der Waals surface area contributed by atoms with Gasteiger partial charge in [-0.3, -0.25) is 9.59 Å². The number of hydrogen-bond donors (Lipinski definition) is 2. The van der Waals surface area contributed by atoms with Gasteiger partial charge in [0, 0.05) is 24.8 Å². The lowest BCUT2D eigenvalue weighted by molar-refractivity contribution is -0.113. The van der Waals surface area contributed by atoms with Gasteiger partial charge < -0.3 is 19.9 Å². The molecule has 0 aliphatic rings. The van der Waals surface area contributed by atoms with Crippen molar-refractivity contribution in [1.82, 2.24) is 20.1 Å². The molecular weight excluding hydrogens is 430 g/mol. The molecule has 3 aromatic rings. The molecule has 9 nitrogen and oxygen atoms in total. The number of carbonyl (C=O) groups excluding carboxylic acids is 3. The molecule has 0 radical (unpaired) electrons. The fourth-order valence-corrected chi connectivity index (χ4v) is 3.50. The molecule has 10 heteroatoms. The Morgan fingerprint density at radius 3 is 2.56 bits per heavy atom. The van der Waals surface area contributed by atoms with Gasteiger partial charge >= 0.3 is 5.97 Å². The summed E-state index contributed by atoms with van der Waals surface area (Å²) in [4.78, 5) is 36.1. The second-order valence-electron chi connectivity index (χ2n) is 6.84. The van der Waals surface area contributed by atoms with Crippen LogP contribution in [0.15, 0.2) is 60.0 Å². The number of benzene rings is 2. The van der Waals surface area contributed by atoms with Gasteiger partial charge in [-0.1, -0.05) is 30.0 Å². The number of methoxy groups -OCH3 is 1. The average Bonchev–Trinajstić information content (AvgIpc) is 3.22. The van der Waals surface area contributed by atoms with E-state index in [0.717, 1.165) is 5.56 Å². The number of thioether (sulfide) groups is 1. The Balaban J connectivity index is 1.47. The van der Waals surface area contributed by atoms with Crippen molar-refractivity contribution in [2.75, 3.05) is 24.7 Å². The topological polar surface area (TPSA) is 115 Å². The first-order chi connectivity index (χ1) is 15.5. The van der Waals surface area contributed by atoms with E-state index in [1.165, 1.54) is 18.9 Å². The highest BCUT2D eigenvalue weighted by Crippen LogP contribution is 2.15. The molecule has 0 fully saturated rings. The zero-order valence-electron chi connectivity index (χ0n) is 17.7. The largest absolute Gasteiger partial charge is 0.465 e. The summed E-state index contributed by atoms with van der Waals surface area (Å²) < 4.78 is 6.41. The summed E-state index contributed by atoms with van der Waals surface area (Å²) >= 11 is 1.28. The SMILES string of the molecule is COC(=O)c1ccc(CCNC(=O)c2cccc(NC(=O)CSc3nncn3C)c2)cc1. The number of carbonyl (C=O) groups is 3. The Labute approximate surface area is 189 Å². The first-order valence-corrected chi connectivity index (χ1v) is 10.8. The summed E-state index contributed by atoms with van der Waals surface area (Å²) in [6.45, 7) is 0.432. The average molecular weight is 454 g/mol. The molecule has 1 aromatic heterocycles. The molecule has 0 spiro atoms. The van der Waals surface area contributed by atoms with Crippen LogP contribution in [0, 0.1) is 0 Å². The fourth-order valence-electron chi connectivity index (χ4n) is 2.82. The zero-order chi connectivity index (χ0) is 22.9. The smallest absolute Gasteiger partial charge is 0.337 e. The normalized spacial score (nSPS) is 10.4. The summed E-state index contributed by atoms with van der Waals surface area (Å²) in [6.07, 6.45) is 2.18. The van der Waals surface area contributed by atoms with Crippen molar-refractivity contribution in [3.8, 4) is 0 Å². The summed E-state index contributed by atoms with van der Waals surface area (Å²) in [5.41, 5.74) is 2.46. The van der Waals surface area contributed by atoms with Gasteiger partial charge in [-0.05, 0) is 42.3 Å². The quantitative estimate of drug-likeness (QED) is 0.377. The Morgan fingerprint density at radius 2 is 1.88 bits per heavy atom. The Hall–Kier alpha value is -3.66. The van der Waals surface area contributed by atoms with Gasteiger partial charge in [0.1, 0.15) is 6.33 Å². The number of nitrogens with zero attached hydrogens (tertiary/aromatic N) is 3. The number of aryl methyl sites for hydroxylation is 1. The van der Waals surface area contributed by atoms with Crippen LogP contribution < -0.4 is 10.6 Å². The monoisotopic (exact) mass is 453 g/mol. The summed E-state index contributed by atoms with van der Waals surface area (Å²) in [5.74, 6) is -0.645. The first-order valence-electron chi connectivity index (χ1n) is 9.78. The van der Waals surface area contributed by atoms with Gasteiger partial charge in [0.05, 0.1) is 18.4 Å². The van der Waals surface area contributed by atoms with Crippen LogP contribution in [-0.4, -0.2) is 52.0 Å². The third-order valence-electron chi connectivity index (χ3n) is 4.48. The third kappa shape index (κ3) is 6.42. The maximum Gasteiger partial charge on any atom is 0.337 e. The van der Waals surface area contributed by atoms with Gasteiger partial charge in [-0.2, -0.15) is 0 Å². The molecule has 0 saturated carbocycles. The Morgan fingerprint density at radius 1 is 1.09 bits per heavy atom. The van der Waals surface area contributed by atoms with E-state index in [1.807, 2.05) is 12.1 Å². The van der Waals surface area contributed by atoms with Crippen LogP contribution in [0.3, 0.4) is 0 Å². The first kappa shape index (κ1) is 23.0. The van der Waals surface area contributed by atoms with Gasteiger partial charge in [0.2, 0.25) is 5.91 Å². The van der Waals surface area contributed by atoms with Crippen LogP contribution in [-0.2, 0) is 23.0 Å². The molecule has 2 amide bonds. The molecule has 0 bridgehead atoms. The summed E-state index contributed by atoms with van der Waals surface area (Å²) in [5, 5.41) is 14.0. The molecule has 32 heavy (non-hydrogen) atoms. The number of hydrogen-bond acceptors (Lipinski definition) is 7. The van der Waals surface area contributed by atoms with Crippen LogP contribution in [0.5, 0.6) is 0 Å². The zero-order valence-corrected chi connectivity index (χ0v) is 18.5. The lowest BCUT2D eigenvalue weighted by atomic mass is 10.1. The van der Waals surface area contributed by atoms with Crippen LogP contribution in [0.2, 0.25) is 0 Å². The summed E-state index contributed by atoms with van der Waals surface area (Å²) in [6, 6.07) is 13.8. The van der Waals surface area contributed by atoms with Crippen molar-refractivity contribution in [1.29, 1.82) is 0 Å². The number of rotatable bonds is 9. The van der Waals surface area contributed by atoms with Gasteiger partial charge in [-0.15, -0.1) is 10.2 Å². The van der Waals surface area contributed by atoms with Crippen molar-refractivity contribution in [2.45, 2.75) is 11.6 Å². The molecular formula is C22H23N5O4S. The second kappa shape index (κ2) is 11.1. The third-order valence-corrected chi connectivity index (χ3v) is 5.52. The second-order valence-corrected chi connectivity index (χ2v) is 7.78. The molecule has 0 saturated heterocycles. The lowest BCUT2D eigenvalue weighted by Crippen LogP contribution is -2.26. The predicted molar refractivity (Wildman–Crippen MR) is 121 cm³/mol. The number of anilines is 1. The van der Waals surface area contributed by atoms with Crippen LogP contribution in [0.1, 0.15) is 26.3 Å². The predicted octanol–water partition coefficient (Wildman–Crippen LogP) is 2.30. The number of esters is 1. The van der Waals surface area contributed by atoms with E-state index in [9.17, 15) is 14.4 Å². The van der Waals surface area contributed by atoms with E-state index in [4.69, 9.17) is 0 Å². The van der Waals surface area contributed by atoms with Crippen molar-refractivity contribution in [3.63, 3.8) is 0 Å². The minimum absolute atomic E-state index is 0.178. The minimum Gasteiger partial charge on any atom is -0.465 e. The molecule has 166 valence electrons. The van der Waals surface area contributed by atoms with Crippen LogP contribution >= 0.6 is 11.8 Å². The van der Waals surface area contributed by atoms with Crippen molar-refractivity contribution in [3.05, 3.63) is 71.5 Å². The highest BCUT2D eigenvalue weighted by molar-refractivity contribution is 7.99. The lowest BCUT2D eigenvalue weighted by Gasteiger charge is -2.09. The number of nitrogens with one attached hydrogen (secondary N) is 2. The van der Waals surface area contributed by atoms with E-state index in [1.54, 1.807) is 54.3 Å². The highest BCUT2D eigenvalue weighted by atomic mass is 32.2. The summed E-state index contributed by atoms with van der Waals surface area (Å²) in [7, 11) is 3.14. The van der Waals surface area contributed by atoms with E-state index < -0.39 is 0 Å². The molecule has 0 atom stereocenters. The standard InChI is InChI=1S/C22H23N5O4S/c1-27-14-24-26-22(27)32-13-19(28)25-18-5-3-4-17(12-18)20(29)23-11-10-15-6-8-16(9-7-15)21(30)31-2/h3-9,12,14H,10-11,13H2,1-2H3,(H,23,29)(H,25,28). The van der Waals surface area contributed by atoms with Crippen molar-refractivity contribution < 1.29 is 19.1 Å². The van der Waals surface area contributed by atoms with E-state index in [-0.39, 0.29) is 23.5 Å². The number of amides is 2. The maximum absolute atomic E-state index is 12.5. The molecule has 3 rings (SSSR count). The van der Waals surface area contributed by atoms with E-state index >= 15 is 0 Å². The van der Waals surface area contributed by atoms with Gasteiger partial charge in [0.15, 0.2) is 5.16 Å². The molecule has 0 unspecified atom stereocenters. The van der Waals surface area contributed by atoms with Crippen molar-refractivity contribution >= 4 is 35.2 Å². The van der Waals surface area contributed by atoms with E-state index in [0.29, 0.717) is 34.9 Å². The van der Waals surface area contributed by atoms with E-state index in [2.05, 4.69) is 25.6 Å². The molecule has 1 heterocycles. The number of ether oxygens (including phenoxy) is 1. The molecule has 2 N–H and O–H groups in total. The van der Waals surface area contributed by atoms with Gasteiger partial charge in [-0.25, -0.2) is 4.79 Å². The molecule has 2 aromatic carbocycles. The highest BCUT2D eigenvalue weighted by Gasteiger charge is 2.10. The molecule has 0 aliphatic carbocycles. The van der Waals surface area contributed by atoms with Crippen LogP contribution in [0.4, 0.5) is 5.69 Å². The van der Waals surface area contributed by atoms with Crippen LogP contribution in [0.25, 0.3) is 0 Å². The Bertz CT molecular complexity index is 1100.